The summed E-state index contributed by atoms with van der Waals surface area (Å²) >= 11 is 0. The molecule has 0 aliphatic heterocycles. The van der Waals surface area contributed by atoms with Gasteiger partial charge in [-0.2, -0.15) is 0 Å². The number of hydrogen-bond acceptors (Lipinski definition) is 4. The number of aromatic nitrogens is 1. The molecule has 1 aromatic heterocycles. The number of benzene rings is 1. The molecule has 2 aromatic rings. The molecule has 1 aromatic carbocycles. The first-order valence-electron chi connectivity index (χ1n) is 7.09. The smallest absolute Gasteiger partial charge is 0.338 e. The second-order valence-corrected chi connectivity index (χ2v) is 5.37. The number of pyridine rings is 1. The molecular weight excluding hydrogens is 278 g/mol. The summed E-state index contributed by atoms with van der Waals surface area (Å²) in [7, 11) is 0. The first-order chi connectivity index (χ1) is 10.4. The maximum atomic E-state index is 12.4. The highest BCUT2D eigenvalue weighted by atomic mass is 16.5. The lowest BCUT2D eigenvalue weighted by Gasteiger charge is -2.14. The van der Waals surface area contributed by atoms with Crippen molar-refractivity contribution >= 4 is 11.8 Å². The molecule has 0 saturated heterocycles. The third-order valence-electron chi connectivity index (χ3n) is 3.89. The van der Waals surface area contributed by atoms with Crippen LogP contribution in [0.5, 0.6) is 0 Å². The van der Waals surface area contributed by atoms with Gasteiger partial charge in [-0.25, -0.2) is 4.79 Å². The highest BCUT2D eigenvalue weighted by molar-refractivity contribution is 6.01. The highest BCUT2D eigenvalue weighted by Crippen LogP contribution is 2.22. The molecule has 22 heavy (non-hydrogen) atoms. The molecule has 2 rings (SSSR count). The third-order valence-corrected chi connectivity index (χ3v) is 3.89. The minimum atomic E-state index is -0.519. The van der Waals surface area contributed by atoms with E-state index in [1.54, 1.807) is 12.1 Å². The van der Waals surface area contributed by atoms with E-state index in [1.807, 2.05) is 33.8 Å². The Morgan fingerprint density at radius 1 is 1.00 bits per heavy atom. The van der Waals surface area contributed by atoms with Gasteiger partial charge in [0.2, 0.25) is 5.78 Å². The predicted octanol–water partition coefficient (Wildman–Crippen LogP) is 3.35. The number of rotatable bonds is 4. The van der Waals surface area contributed by atoms with Gasteiger partial charge in [0, 0.05) is 18.0 Å². The summed E-state index contributed by atoms with van der Waals surface area (Å²) in [6, 6.07) is 5.10. The van der Waals surface area contributed by atoms with Crippen molar-refractivity contribution < 1.29 is 14.3 Å². The number of nitrogens with zero attached hydrogens (tertiary/aromatic N) is 1. The summed E-state index contributed by atoms with van der Waals surface area (Å²) in [6.45, 7) is 7.58. The zero-order chi connectivity index (χ0) is 16.3. The Labute approximate surface area is 130 Å². The molecule has 4 heteroatoms. The van der Waals surface area contributed by atoms with Gasteiger partial charge < -0.3 is 4.74 Å². The van der Waals surface area contributed by atoms with Crippen molar-refractivity contribution in [2.24, 2.45) is 0 Å². The molecule has 0 bridgehead atoms. The number of ether oxygens (including phenoxy) is 1. The van der Waals surface area contributed by atoms with Crippen LogP contribution < -0.4 is 0 Å². The molecule has 0 aliphatic carbocycles. The lowest BCUT2D eigenvalue weighted by molar-refractivity contribution is 0.0474. The van der Waals surface area contributed by atoms with E-state index in [4.69, 9.17) is 4.74 Å². The molecule has 0 unspecified atom stereocenters. The molecular formula is C18H19NO3. The Kier molecular flexibility index (Phi) is 4.71. The van der Waals surface area contributed by atoms with Crippen LogP contribution in [0.4, 0.5) is 0 Å². The standard InChI is InChI=1S/C18H19NO3/c1-11-9-12(2)17(14(4)13(11)3)16(20)10-22-18(21)15-5-7-19-8-6-15/h5-9H,10H2,1-4H3. The Morgan fingerprint density at radius 2 is 1.64 bits per heavy atom. The number of aryl methyl sites for hydroxylation is 2. The average Bonchev–Trinajstić information content (AvgIpc) is 2.51. The van der Waals surface area contributed by atoms with Crippen LogP contribution in [0, 0.1) is 27.7 Å². The number of ketones is 1. The molecule has 0 amide bonds. The molecule has 4 nitrogen and oxygen atoms in total. The molecule has 0 spiro atoms. The van der Waals surface area contributed by atoms with Crippen molar-refractivity contribution in [3.05, 3.63) is 64.0 Å². The molecule has 0 fully saturated rings. The zero-order valence-electron chi connectivity index (χ0n) is 13.3. The van der Waals surface area contributed by atoms with E-state index in [9.17, 15) is 9.59 Å². The second-order valence-electron chi connectivity index (χ2n) is 5.37. The number of esters is 1. The van der Waals surface area contributed by atoms with Gasteiger partial charge in [-0.3, -0.25) is 9.78 Å². The highest BCUT2D eigenvalue weighted by Gasteiger charge is 2.17. The Morgan fingerprint density at radius 3 is 2.27 bits per heavy atom. The molecule has 0 atom stereocenters. The maximum absolute atomic E-state index is 12.4. The fraction of sp³-hybridized carbons (Fsp3) is 0.278. The van der Waals surface area contributed by atoms with Gasteiger partial charge in [0.15, 0.2) is 6.61 Å². The molecule has 114 valence electrons. The van der Waals surface area contributed by atoms with E-state index in [0.717, 1.165) is 22.3 Å². The van der Waals surface area contributed by atoms with Gasteiger partial charge in [0.25, 0.3) is 0 Å². The van der Waals surface area contributed by atoms with Gasteiger partial charge in [-0.15, -0.1) is 0 Å². The topological polar surface area (TPSA) is 56.3 Å². The normalized spacial score (nSPS) is 10.4. The van der Waals surface area contributed by atoms with E-state index in [1.165, 1.54) is 12.4 Å². The quantitative estimate of drug-likeness (QED) is 0.641. The molecule has 0 radical (unpaired) electrons. The summed E-state index contributed by atoms with van der Waals surface area (Å²) in [4.78, 5) is 28.1. The Bertz CT molecular complexity index is 721. The van der Waals surface area contributed by atoms with Crippen molar-refractivity contribution in [1.29, 1.82) is 0 Å². The monoisotopic (exact) mass is 297 g/mol. The maximum Gasteiger partial charge on any atom is 0.338 e. The van der Waals surface area contributed by atoms with Crippen molar-refractivity contribution in [2.45, 2.75) is 27.7 Å². The lowest BCUT2D eigenvalue weighted by Crippen LogP contribution is -2.17. The van der Waals surface area contributed by atoms with Crippen LogP contribution in [0.15, 0.2) is 30.6 Å². The molecule has 1 heterocycles. The SMILES string of the molecule is Cc1cc(C)c(C(=O)COC(=O)c2ccncc2)c(C)c1C. The summed E-state index contributed by atoms with van der Waals surface area (Å²) in [5, 5.41) is 0. The van der Waals surface area contributed by atoms with E-state index in [2.05, 4.69) is 4.98 Å². The van der Waals surface area contributed by atoms with E-state index >= 15 is 0 Å². The molecule has 0 N–H and O–H groups in total. The van der Waals surface area contributed by atoms with Gasteiger partial charge in [-0.1, -0.05) is 6.07 Å². The number of carbonyl (C=O) groups excluding carboxylic acids is 2. The average molecular weight is 297 g/mol. The van der Waals surface area contributed by atoms with Crippen LogP contribution in [0.1, 0.15) is 43.0 Å². The summed E-state index contributed by atoms with van der Waals surface area (Å²) < 4.78 is 5.11. The van der Waals surface area contributed by atoms with Gasteiger partial charge >= 0.3 is 5.97 Å². The first kappa shape index (κ1) is 15.9. The van der Waals surface area contributed by atoms with Crippen LogP contribution in [-0.4, -0.2) is 23.3 Å². The number of carbonyl (C=O) groups is 2. The van der Waals surface area contributed by atoms with Crippen molar-refractivity contribution in [1.82, 2.24) is 4.98 Å². The molecule has 0 saturated carbocycles. The fourth-order valence-electron chi connectivity index (χ4n) is 2.49. The minimum Gasteiger partial charge on any atom is -0.454 e. The van der Waals surface area contributed by atoms with Gasteiger partial charge in [0.1, 0.15) is 0 Å². The van der Waals surface area contributed by atoms with Crippen LogP contribution in [-0.2, 0) is 4.74 Å². The Hall–Kier alpha value is -2.49. The van der Waals surface area contributed by atoms with Gasteiger partial charge in [-0.05, 0) is 62.1 Å². The van der Waals surface area contributed by atoms with Crippen LogP contribution in [0.25, 0.3) is 0 Å². The van der Waals surface area contributed by atoms with Crippen LogP contribution in [0.2, 0.25) is 0 Å². The number of hydrogen-bond donors (Lipinski definition) is 0. The van der Waals surface area contributed by atoms with Gasteiger partial charge in [0.05, 0.1) is 5.56 Å². The second kappa shape index (κ2) is 6.52. The first-order valence-corrected chi connectivity index (χ1v) is 7.09. The van der Waals surface area contributed by atoms with E-state index in [0.29, 0.717) is 11.1 Å². The van der Waals surface area contributed by atoms with Crippen molar-refractivity contribution in [3.63, 3.8) is 0 Å². The third kappa shape index (κ3) is 3.22. The lowest BCUT2D eigenvalue weighted by atomic mass is 9.92. The largest absolute Gasteiger partial charge is 0.454 e. The summed E-state index contributed by atoms with van der Waals surface area (Å²) in [5.74, 6) is -0.699. The molecule has 0 aliphatic rings. The fourth-order valence-corrected chi connectivity index (χ4v) is 2.49. The van der Waals surface area contributed by atoms with E-state index in [-0.39, 0.29) is 12.4 Å². The summed E-state index contributed by atoms with van der Waals surface area (Å²) in [6.07, 6.45) is 3.02. The Balaban J connectivity index is 2.14. The van der Waals surface area contributed by atoms with Crippen molar-refractivity contribution in [3.8, 4) is 0 Å². The van der Waals surface area contributed by atoms with Crippen LogP contribution in [0.3, 0.4) is 0 Å². The minimum absolute atomic E-state index is 0.180. The number of Topliss-reactive ketones (excluding diaryl/α,β-unsaturated/α-hetero) is 1. The predicted molar refractivity (Wildman–Crippen MR) is 84.2 cm³/mol. The zero-order valence-corrected chi connectivity index (χ0v) is 13.3. The van der Waals surface area contributed by atoms with Crippen molar-refractivity contribution in [2.75, 3.05) is 6.61 Å². The summed E-state index contributed by atoms with van der Waals surface area (Å²) in [5.41, 5.74) is 5.13. The van der Waals surface area contributed by atoms with Crippen LogP contribution >= 0.6 is 0 Å². The van der Waals surface area contributed by atoms with E-state index < -0.39 is 5.97 Å².